The summed E-state index contributed by atoms with van der Waals surface area (Å²) in [6, 6.07) is 1.94. The summed E-state index contributed by atoms with van der Waals surface area (Å²) in [4.78, 5) is 0. The van der Waals surface area contributed by atoms with E-state index in [1.807, 2.05) is 0 Å². The molecule has 0 radical (unpaired) electrons. The Bertz CT molecular complexity index is 636. The first-order valence-electron chi connectivity index (χ1n) is 11.2. The highest BCUT2D eigenvalue weighted by molar-refractivity contribution is 5.32. The van der Waals surface area contributed by atoms with Crippen molar-refractivity contribution in [2.45, 2.75) is 83.5 Å². The minimum Gasteiger partial charge on any atom is -0.491 e. The van der Waals surface area contributed by atoms with Crippen LogP contribution in [0.3, 0.4) is 0 Å². The van der Waals surface area contributed by atoms with Crippen molar-refractivity contribution >= 4 is 0 Å². The lowest BCUT2D eigenvalue weighted by atomic mass is 9.67. The lowest BCUT2D eigenvalue weighted by molar-refractivity contribution is -0.0777. The minimum atomic E-state index is -2.95. The van der Waals surface area contributed by atoms with Crippen LogP contribution in [0.15, 0.2) is 12.1 Å². The molecule has 0 aromatic heterocycles. The monoisotopic (exact) mass is 414 g/mol. The highest BCUT2D eigenvalue weighted by atomic mass is 19.3. The molecule has 0 heterocycles. The quantitative estimate of drug-likeness (QED) is 0.418. The van der Waals surface area contributed by atoms with Crippen LogP contribution < -0.4 is 4.74 Å². The molecule has 0 unspecified atom stereocenters. The minimum absolute atomic E-state index is 0.0119. The summed E-state index contributed by atoms with van der Waals surface area (Å²) in [6.07, 6.45) is 9.76. The number of alkyl halides is 2. The first kappa shape index (κ1) is 22.4. The molecule has 0 atom stereocenters. The predicted octanol–water partition coefficient (Wildman–Crippen LogP) is 7.56. The fourth-order valence-corrected chi connectivity index (χ4v) is 5.70. The van der Waals surface area contributed by atoms with E-state index in [2.05, 4.69) is 11.7 Å². The molecule has 0 spiro atoms. The van der Waals surface area contributed by atoms with Crippen LogP contribution in [0.4, 0.5) is 17.6 Å². The fraction of sp³-hybridized carbons (Fsp3) is 0.750. The van der Waals surface area contributed by atoms with Gasteiger partial charge in [-0.25, -0.2) is 17.6 Å². The SMILES string of the molecule is CCCC1CCC(C2CCC(C(F)(F)Cc3cc(F)c(OC)c(F)c3)CC2)CC1. The van der Waals surface area contributed by atoms with Gasteiger partial charge in [-0.3, -0.25) is 0 Å². The number of hydrogen-bond donors (Lipinski definition) is 0. The Morgan fingerprint density at radius 2 is 1.41 bits per heavy atom. The molecule has 2 saturated carbocycles. The smallest absolute Gasteiger partial charge is 0.254 e. The van der Waals surface area contributed by atoms with Crippen molar-refractivity contribution in [2.75, 3.05) is 7.11 Å². The van der Waals surface area contributed by atoms with E-state index in [4.69, 9.17) is 0 Å². The Balaban J connectivity index is 1.53. The van der Waals surface area contributed by atoms with E-state index in [1.165, 1.54) is 38.5 Å². The molecule has 1 aromatic carbocycles. The van der Waals surface area contributed by atoms with Gasteiger partial charge in [0.2, 0.25) is 0 Å². The van der Waals surface area contributed by atoms with Crippen LogP contribution in [0.5, 0.6) is 5.75 Å². The number of hydrogen-bond acceptors (Lipinski definition) is 1. The highest BCUT2D eigenvalue weighted by Gasteiger charge is 2.43. The summed E-state index contributed by atoms with van der Waals surface area (Å²) in [5.74, 6) is -3.90. The first-order valence-corrected chi connectivity index (χ1v) is 11.2. The molecule has 2 aliphatic carbocycles. The van der Waals surface area contributed by atoms with Crippen molar-refractivity contribution in [1.29, 1.82) is 0 Å². The maximum absolute atomic E-state index is 14.9. The van der Waals surface area contributed by atoms with E-state index in [-0.39, 0.29) is 5.56 Å². The van der Waals surface area contributed by atoms with E-state index < -0.39 is 35.6 Å². The largest absolute Gasteiger partial charge is 0.491 e. The van der Waals surface area contributed by atoms with Gasteiger partial charge in [-0.05, 0) is 74.0 Å². The summed E-state index contributed by atoms with van der Waals surface area (Å²) < 4.78 is 62.1. The molecule has 0 saturated heterocycles. The zero-order valence-corrected chi connectivity index (χ0v) is 17.7. The van der Waals surface area contributed by atoms with Crippen LogP contribution in [0.2, 0.25) is 0 Å². The molecule has 0 aliphatic heterocycles. The second-order valence-electron chi connectivity index (χ2n) is 9.21. The summed E-state index contributed by atoms with van der Waals surface area (Å²) >= 11 is 0. The molecule has 0 amide bonds. The van der Waals surface area contributed by atoms with Gasteiger partial charge in [-0.2, -0.15) is 0 Å². The molecule has 0 bridgehead atoms. The van der Waals surface area contributed by atoms with Gasteiger partial charge in [0.25, 0.3) is 5.92 Å². The Morgan fingerprint density at radius 3 is 1.90 bits per heavy atom. The van der Waals surface area contributed by atoms with Crippen molar-refractivity contribution in [3.8, 4) is 5.75 Å². The van der Waals surface area contributed by atoms with E-state index in [0.29, 0.717) is 24.7 Å². The van der Waals surface area contributed by atoms with Crippen LogP contribution in [-0.2, 0) is 6.42 Å². The Morgan fingerprint density at radius 1 is 0.897 bits per heavy atom. The summed E-state index contributed by atoms with van der Waals surface area (Å²) in [6.45, 7) is 2.24. The highest BCUT2D eigenvalue weighted by Crippen LogP contribution is 2.46. The van der Waals surface area contributed by atoms with Gasteiger partial charge in [0.15, 0.2) is 17.4 Å². The van der Waals surface area contributed by atoms with E-state index in [9.17, 15) is 17.6 Å². The molecule has 2 fully saturated rings. The van der Waals surface area contributed by atoms with Crippen LogP contribution in [-0.4, -0.2) is 13.0 Å². The topological polar surface area (TPSA) is 9.23 Å². The van der Waals surface area contributed by atoms with Gasteiger partial charge >= 0.3 is 0 Å². The number of benzene rings is 1. The van der Waals surface area contributed by atoms with Gasteiger partial charge in [0, 0.05) is 12.3 Å². The van der Waals surface area contributed by atoms with Crippen LogP contribution in [0, 0.1) is 35.3 Å². The van der Waals surface area contributed by atoms with E-state index >= 15 is 0 Å². The van der Waals surface area contributed by atoms with Gasteiger partial charge in [0.1, 0.15) is 0 Å². The molecule has 0 N–H and O–H groups in total. The predicted molar refractivity (Wildman–Crippen MR) is 107 cm³/mol. The van der Waals surface area contributed by atoms with Gasteiger partial charge in [-0.1, -0.05) is 32.6 Å². The van der Waals surface area contributed by atoms with Gasteiger partial charge in [-0.15, -0.1) is 0 Å². The lowest BCUT2D eigenvalue weighted by Crippen LogP contribution is -2.35. The second kappa shape index (κ2) is 9.70. The van der Waals surface area contributed by atoms with Crippen LogP contribution in [0.25, 0.3) is 0 Å². The van der Waals surface area contributed by atoms with E-state index in [1.54, 1.807) is 0 Å². The average molecular weight is 415 g/mol. The zero-order valence-electron chi connectivity index (χ0n) is 17.7. The normalized spacial score (nSPS) is 28.3. The molecule has 3 rings (SSSR count). The van der Waals surface area contributed by atoms with Crippen molar-refractivity contribution in [3.05, 3.63) is 29.3 Å². The Kier molecular flexibility index (Phi) is 7.50. The lowest BCUT2D eigenvalue weighted by Gasteiger charge is -2.39. The third kappa shape index (κ3) is 5.46. The van der Waals surface area contributed by atoms with Crippen molar-refractivity contribution in [2.24, 2.45) is 23.7 Å². The standard InChI is InChI=1S/C24H34F4O/c1-3-4-16-5-7-18(8-6-16)19-9-11-20(12-10-19)24(27,28)15-17-13-21(25)23(29-2)22(26)14-17/h13-14,16,18-20H,3-12,15H2,1-2H3. The maximum Gasteiger partial charge on any atom is 0.254 e. The third-order valence-electron chi connectivity index (χ3n) is 7.33. The zero-order chi connectivity index (χ0) is 21.0. The Labute approximate surface area is 172 Å². The molecular formula is C24H34F4O. The average Bonchev–Trinajstić information content (AvgIpc) is 2.68. The fourth-order valence-electron chi connectivity index (χ4n) is 5.70. The first-order chi connectivity index (χ1) is 13.8. The van der Waals surface area contributed by atoms with Crippen LogP contribution in [0.1, 0.15) is 76.7 Å². The number of halogens is 4. The third-order valence-corrected chi connectivity index (χ3v) is 7.33. The second-order valence-corrected chi connectivity index (χ2v) is 9.21. The molecule has 5 heteroatoms. The molecule has 1 nitrogen and oxygen atoms in total. The number of methoxy groups -OCH3 is 1. The summed E-state index contributed by atoms with van der Waals surface area (Å²) in [5, 5.41) is 0. The van der Waals surface area contributed by atoms with Crippen molar-refractivity contribution in [1.82, 2.24) is 0 Å². The number of rotatable bonds is 7. The number of ether oxygens (including phenoxy) is 1. The molecule has 1 aromatic rings. The van der Waals surface area contributed by atoms with Crippen LogP contribution >= 0.6 is 0 Å². The van der Waals surface area contributed by atoms with Crippen molar-refractivity contribution < 1.29 is 22.3 Å². The molecule has 29 heavy (non-hydrogen) atoms. The maximum atomic E-state index is 14.9. The molecule has 2 aliphatic rings. The van der Waals surface area contributed by atoms with Crippen molar-refractivity contribution in [3.63, 3.8) is 0 Å². The van der Waals surface area contributed by atoms with E-state index in [0.717, 1.165) is 38.0 Å². The molecule has 164 valence electrons. The van der Waals surface area contributed by atoms with Gasteiger partial charge < -0.3 is 4.74 Å². The van der Waals surface area contributed by atoms with Gasteiger partial charge in [0.05, 0.1) is 7.11 Å². The molecular weight excluding hydrogens is 380 g/mol. The Hall–Kier alpha value is -1.26. The summed E-state index contributed by atoms with van der Waals surface area (Å²) in [5.41, 5.74) is -0.0119. The summed E-state index contributed by atoms with van der Waals surface area (Å²) in [7, 11) is 1.16.